The van der Waals surface area contributed by atoms with Gasteiger partial charge in [-0.1, -0.05) is 6.07 Å². The molecule has 1 aliphatic heterocycles. The second kappa shape index (κ2) is 6.92. The summed E-state index contributed by atoms with van der Waals surface area (Å²) in [5.41, 5.74) is 4.78. The van der Waals surface area contributed by atoms with Crippen molar-refractivity contribution in [3.63, 3.8) is 0 Å². The zero-order valence-corrected chi connectivity index (χ0v) is 14.4. The van der Waals surface area contributed by atoms with Crippen LogP contribution < -0.4 is 0 Å². The lowest BCUT2D eigenvalue weighted by atomic mass is 10.1. The Morgan fingerprint density at radius 2 is 2.04 bits per heavy atom. The molecule has 0 radical (unpaired) electrons. The molecule has 0 amide bonds. The number of rotatable bonds is 4. The van der Waals surface area contributed by atoms with Crippen LogP contribution in [0, 0.1) is 6.92 Å². The number of pyridine rings is 2. The van der Waals surface area contributed by atoms with Crippen molar-refractivity contribution in [2.45, 2.75) is 33.0 Å². The van der Waals surface area contributed by atoms with Gasteiger partial charge in [-0.05, 0) is 36.8 Å². The SMILES string of the molecule is Cc1cccnc1-c1cc2n(n1)CCN(Cc1ccc(C(F)F)cn1)C2. The van der Waals surface area contributed by atoms with Gasteiger partial charge in [0.2, 0.25) is 0 Å². The minimum Gasteiger partial charge on any atom is -0.290 e. The van der Waals surface area contributed by atoms with Crippen LogP contribution in [0.2, 0.25) is 0 Å². The summed E-state index contributed by atoms with van der Waals surface area (Å²) in [6.45, 7) is 5.04. The molecular formula is C19H19F2N5. The van der Waals surface area contributed by atoms with E-state index in [0.29, 0.717) is 6.54 Å². The highest BCUT2D eigenvalue weighted by Crippen LogP contribution is 2.24. The number of aromatic nitrogens is 4. The minimum atomic E-state index is -2.48. The zero-order valence-electron chi connectivity index (χ0n) is 14.4. The number of alkyl halides is 2. The molecule has 0 bridgehead atoms. The number of hydrogen-bond donors (Lipinski definition) is 0. The fraction of sp³-hybridized carbons (Fsp3) is 0.316. The lowest BCUT2D eigenvalue weighted by Gasteiger charge is -2.27. The molecule has 26 heavy (non-hydrogen) atoms. The first-order chi connectivity index (χ1) is 12.6. The van der Waals surface area contributed by atoms with Crippen LogP contribution in [0.3, 0.4) is 0 Å². The maximum Gasteiger partial charge on any atom is 0.265 e. The second-order valence-corrected chi connectivity index (χ2v) is 6.51. The first kappa shape index (κ1) is 16.8. The van der Waals surface area contributed by atoms with Crippen molar-refractivity contribution in [3.8, 4) is 11.4 Å². The Morgan fingerprint density at radius 3 is 2.77 bits per heavy atom. The maximum atomic E-state index is 12.6. The molecule has 1 aliphatic rings. The highest BCUT2D eigenvalue weighted by Gasteiger charge is 2.20. The fourth-order valence-electron chi connectivity index (χ4n) is 3.21. The third kappa shape index (κ3) is 3.35. The van der Waals surface area contributed by atoms with Crippen molar-refractivity contribution in [1.82, 2.24) is 24.6 Å². The Hall–Kier alpha value is -2.67. The van der Waals surface area contributed by atoms with Crippen LogP contribution in [0.25, 0.3) is 11.4 Å². The number of halogens is 2. The fourth-order valence-corrected chi connectivity index (χ4v) is 3.21. The molecule has 134 valence electrons. The number of fused-ring (bicyclic) bond motifs is 1. The van der Waals surface area contributed by atoms with Gasteiger partial charge >= 0.3 is 0 Å². The molecule has 5 nitrogen and oxygen atoms in total. The van der Waals surface area contributed by atoms with Gasteiger partial charge in [0, 0.05) is 37.6 Å². The Labute approximate surface area is 150 Å². The van der Waals surface area contributed by atoms with Crippen LogP contribution in [0.1, 0.15) is 28.9 Å². The van der Waals surface area contributed by atoms with Gasteiger partial charge in [-0.2, -0.15) is 5.10 Å². The molecule has 0 N–H and O–H groups in total. The van der Waals surface area contributed by atoms with Crippen LogP contribution >= 0.6 is 0 Å². The van der Waals surface area contributed by atoms with Crippen molar-refractivity contribution in [2.75, 3.05) is 6.54 Å². The van der Waals surface area contributed by atoms with E-state index in [4.69, 9.17) is 0 Å². The molecule has 0 saturated heterocycles. The predicted octanol–water partition coefficient (Wildman–Crippen LogP) is 3.60. The van der Waals surface area contributed by atoms with Gasteiger partial charge in [-0.15, -0.1) is 0 Å². The molecule has 3 aromatic heterocycles. The highest BCUT2D eigenvalue weighted by atomic mass is 19.3. The quantitative estimate of drug-likeness (QED) is 0.717. The zero-order chi connectivity index (χ0) is 18.1. The van der Waals surface area contributed by atoms with Crippen molar-refractivity contribution in [3.05, 3.63) is 65.2 Å². The van der Waals surface area contributed by atoms with Crippen molar-refractivity contribution in [1.29, 1.82) is 0 Å². The molecule has 0 unspecified atom stereocenters. The topological polar surface area (TPSA) is 46.8 Å². The predicted molar refractivity (Wildman–Crippen MR) is 93.5 cm³/mol. The smallest absolute Gasteiger partial charge is 0.265 e. The van der Waals surface area contributed by atoms with Gasteiger partial charge < -0.3 is 0 Å². The summed E-state index contributed by atoms with van der Waals surface area (Å²) in [6, 6.07) is 9.15. The average Bonchev–Trinajstić information content (AvgIpc) is 3.05. The van der Waals surface area contributed by atoms with E-state index in [9.17, 15) is 8.78 Å². The van der Waals surface area contributed by atoms with Crippen LogP contribution in [0.5, 0.6) is 0 Å². The molecule has 0 aliphatic carbocycles. The van der Waals surface area contributed by atoms with Crippen molar-refractivity contribution >= 4 is 0 Å². The van der Waals surface area contributed by atoms with E-state index >= 15 is 0 Å². The van der Waals surface area contributed by atoms with E-state index in [0.717, 1.165) is 48.0 Å². The molecule has 4 rings (SSSR count). The van der Waals surface area contributed by atoms with E-state index in [-0.39, 0.29) is 5.56 Å². The molecule has 0 fully saturated rings. The summed E-state index contributed by atoms with van der Waals surface area (Å²) >= 11 is 0. The minimum absolute atomic E-state index is 0.0409. The van der Waals surface area contributed by atoms with E-state index in [1.54, 1.807) is 12.3 Å². The first-order valence-corrected chi connectivity index (χ1v) is 8.54. The van der Waals surface area contributed by atoms with Gasteiger partial charge in [-0.3, -0.25) is 19.5 Å². The van der Waals surface area contributed by atoms with Gasteiger partial charge in [0.25, 0.3) is 6.43 Å². The number of hydrogen-bond acceptors (Lipinski definition) is 4. The van der Waals surface area contributed by atoms with Gasteiger partial charge in [0.15, 0.2) is 0 Å². The molecule has 7 heteroatoms. The molecule has 0 aromatic carbocycles. The largest absolute Gasteiger partial charge is 0.290 e. The van der Waals surface area contributed by atoms with Crippen molar-refractivity contribution in [2.24, 2.45) is 0 Å². The summed E-state index contributed by atoms with van der Waals surface area (Å²) in [7, 11) is 0. The molecule has 0 saturated carbocycles. The molecule has 4 heterocycles. The number of aryl methyl sites for hydroxylation is 1. The van der Waals surface area contributed by atoms with E-state index in [2.05, 4.69) is 26.0 Å². The molecule has 0 spiro atoms. The van der Waals surface area contributed by atoms with Crippen LogP contribution in [-0.4, -0.2) is 31.2 Å². The lowest BCUT2D eigenvalue weighted by Crippen LogP contribution is -2.33. The molecule has 3 aromatic rings. The van der Waals surface area contributed by atoms with E-state index in [1.165, 1.54) is 12.3 Å². The van der Waals surface area contributed by atoms with E-state index in [1.807, 2.05) is 23.7 Å². The highest BCUT2D eigenvalue weighted by molar-refractivity contribution is 5.58. The summed E-state index contributed by atoms with van der Waals surface area (Å²) in [5, 5.41) is 4.68. The Bertz CT molecular complexity index is 905. The third-order valence-corrected chi connectivity index (χ3v) is 4.61. The third-order valence-electron chi connectivity index (χ3n) is 4.61. The normalized spacial score (nSPS) is 14.6. The second-order valence-electron chi connectivity index (χ2n) is 6.51. The van der Waals surface area contributed by atoms with Gasteiger partial charge in [0.1, 0.15) is 5.69 Å². The van der Waals surface area contributed by atoms with Crippen LogP contribution in [-0.2, 0) is 19.6 Å². The summed E-state index contributed by atoms with van der Waals surface area (Å²) < 4.78 is 27.3. The van der Waals surface area contributed by atoms with Gasteiger partial charge in [0.05, 0.1) is 23.6 Å². The van der Waals surface area contributed by atoms with Crippen LogP contribution in [0.15, 0.2) is 42.7 Å². The van der Waals surface area contributed by atoms with E-state index < -0.39 is 6.43 Å². The summed E-state index contributed by atoms with van der Waals surface area (Å²) in [6.07, 6.45) is 0.562. The number of nitrogens with zero attached hydrogens (tertiary/aromatic N) is 5. The molecular weight excluding hydrogens is 336 g/mol. The standard InChI is InChI=1S/C19H19F2N5/c1-13-3-2-6-22-18(13)17-9-16-12-25(7-8-26(16)24-17)11-15-5-4-14(10-23-15)19(20)21/h2-6,9-10,19H,7-8,11-12H2,1H3. The first-order valence-electron chi connectivity index (χ1n) is 8.54. The lowest BCUT2D eigenvalue weighted by molar-refractivity contribution is 0.150. The monoisotopic (exact) mass is 355 g/mol. The Kier molecular flexibility index (Phi) is 4.46. The average molecular weight is 355 g/mol. The van der Waals surface area contributed by atoms with Gasteiger partial charge in [-0.25, -0.2) is 8.78 Å². The Morgan fingerprint density at radius 1 is 1.15 bits per heavy atom. The molecule has 0 atom stereocenters. The maximum absolute atomic E-state index is 12.6. The van der Waals surface area contributed by atoms with Crippen LogP contribution in [0.4, 0.5) is 8.78 Å². The Balaban J connectivity index is 1.49. The van der Waals surface area contributed by atoms with Crippen molar-refractivity contribution < 1.29 is 8.78 Å². The summed E-state index contributed by atoms with van der Waals surface area (Å²) in [5.74, 6) is 0. The summed E-state index contributed by atoms with van der Waals surface area (Å²) in [4.78, 5) is 10.8.